The number of fused-ring (bicyclic) bond motifs is 1. The lowest BCUT2D eigenvalue weighted by atomic mass is 10.0. The fraction of sp³-hybridized carbons (Fsp3) is 0.304. The molecular formula is C23H23NO6. The van der Waals surface area contributed by atoms with Crippen molar-refractivity contribution in [2.75, 3.05) is 20.3 Å². The lowest BCUT2D eigenvalue weighted by Crippen LogP contribution is -2.31. The van der Waals surface area contributed by atoms with Crippen LogP contribution in [0.2, 0.25) is 0 Å². The Morgan fingerprint density at radius 2 is 1.60 bits per heavy atom. The number of hydrogen-bond acceptors (Lipinski definition) is 6. The molecule has 1 atom stereocenters. The Hall–Kier alpha value is -3.32. The zero-order chi connectivity index (χ0) is 21.8. The molecule has 0 radical (unpaired) electrons. The molecule has 7 heteroatoms. The largest absolute Gasteiger partial charge is 0.451 e. The highest BCUT2D eigenvalue weighted by Gasteiger charge is 2.36. The first-order valence-electron chi connectivity index (χ1n) is 9.64. The summed E-state index contributed by atoms with van der Waals surface area (Å²) in [5, 5.41) is 0. The maximum atomic E-state index is 12.6. The maximum absolute atomic E-state index is 12.6. The van der Waals surface area contributed by atoms with Crippen molar-refractivity contribution in [2.45, 2.75) is 26.4 Å². The summed E-state index contributed by atoms with van der Waals surface area (Å²) in [5.74, 6) is -1.90. The number of Topliss-reactive ketones (excluding diaryl/α,β-unsaturated/α-hetero) is 1. The highest BCUT2D eigenvalue weighted by atomic mass is 16.5. The van der Waals surface area contributed by atoms with E-state index in [1.54, 1.807) is 19.2 Å². The van der Waals surface area contributed by atoms with Crippen molar-refractivity contribution in [3.63, 3.8) is 0 Å². The number of hydrogen-bond donors (Lipinski definition) is 0. The van der Waals surface area contributed by atoms with E-state index in [0.29, 0.717) is 18.6 Å². The number of benzene rings is 2. The molecule has 0 saturated carbocycles. The van der Waals surface area contributed by atoms with Crippen LogP contribution in [0.25, 0.3) is 0 Å². The minimum Gasteiger partial charge on any atom is -0.451 e. The fourth-order valence-electron chi connectivity index (χ4n) is 3.22. The van der Waals surface area contributed by atoms with E-state index in [4.69, 9.17) is 9.47 Å². The first-order valence-corrected chi connectivity index (χ1v) is 9.64. The minimum atomic E-state index is -0.990. The van der Waals surface area contributed by atoms with Gasteiger partial charge in [0.25, 0.3) is 11.8 Å². The van der Waals surface area contributed by atoms with E-state index in [2.05, 4.69) is 0 Å². The predicted octanol–water partition coefficient (Wildman–Crippen LogP) is 3.06. The second-order valence-corrected chi connectivity index (χ2v) is 7.15. The molecule has 2 amide bonds. The molecule has 0 saturated heterocycles. The van der Waals surface area contributed by atoms with Crippen LogP contribution in [0.15, 0.2) is 42.5 Å². The van der Waals surface area contributed by atoms with Crippen LogP contribution in [0, 0.1) is 6.92 Å². The van der Waals surface area contributed by atoms with Crippen molar-refractivity contribution in [2.24, 2.45) is 0 Å². The van der Waals surface area contributed by atoms with Gasteiger partial charge in [0, 0.05) is 25.8 Å². The van der Waals surface area contributed by atoms with Crippen LogP contribution in [-0.2, 0) is 9.47 Å². The van der Waals surface area contributed by atoms with Gasteiger partial charge < -0.3 is 9.47 Å². The number of rotatable bonds is 8. The van der Waals surface area contributed by atoms with Gasteiger partial charge in [-0.15, -0.1) is 0 Å². The van der Waals surface area contributed by atoms with Crippen LogP contribution in [0.5, 0.6) is 0 Å². The zero-order valence-electron chi connectivity index (χ0n) is 17.1. The summed E-state index contributed by atoms with van der Waals surface area (Å²) < 4.78 is 10.3. The molecule has 2 aromatic rings. The Morgan fingerprint density at radius 1 is 0.967 bits per heavy atom. The molecule has 156 valence electrons. The Balaban J connectivity index is 1.71. The van der Waals surface area contributed by atoms with E-state index in [1.807, 2.05) is 19.1 Å². The minimum absolute atomic E-state index is 0.109. The van der Waals surface area contributed by atoms with Crippen molar-refractivity contribution in [3.8, 4) is 0 Å². The van der Waals surface area contributed by atoms with E-state index in [0.717, 1.165) is 10.5 Å². The molecule has 0 aromatic heterocycles. The number of methoxy groups -OCH3 is 1. The average Bonchev–Trinajstić information content (AvgIpc) is 2.98. The van der Waals surface area contributed by atoms with Gasteiger partial charge in [0.05, 0.1) is 16.7 Å². The third-order valence-electron chi connectivity index (χ3n) is 4.93. The summed E-state index contributed by atoms with van der Waals surface area (Å²) in [7, 11) is 1.55. The summed E-state index contributed by atoms with van der Waals surface area (Å²) in [6.45, 7) is 4.08. The van der Waals surface area contributed by atoms with Gasteiger partial charge in [0.15, 0.2) is 6.10 Å². The summed E-state index contributed by atoms with van der Waals surface area (Å²) in [6, 6.07) is 11.2. The van der Waals surface area contributed by atoms with E-state index < -0.39 is 23.9 Å². The fourth-order valence-corrected chi connectivity index (χ4v) is 3.22. The van der Waals surface area contributed by atoms with Crippen LogP contribution < -0.4 is 0 Å². The average molecular weight is 409 g/mol. The number of carbonyl (C=O) groups is 4. The van der Waals surface area contributed by atoms with E-state index in [9.17, 15) is 19.2 Å². The van der Waals surface area contributed by atoms with Gasteiger partial charge in [-0.3, -0.25) is 19.3 Å². The van der Waals surface area contributed by atoms with Crippen molar-refractivity contribution in [1.82, 2.24) is 4.90 Å². The normalized spacial score (nSPS) is 13.9. The molecule has 3 rings (SSSR count). The predicted molar refractivity (Wildman–Crippen MR) is 109 cm³/mol. The molecular weight excluding hydrogens is 386 g/mol. The highest BCUT2D eigenvalue weighted by Crippen LogP contribution is 2.25. The van der Waals surface area contributed by atoms with Crippen LogP contribution >= 0.6 is 0 Å². The van der Waals surface area contributed by atoms with Gasteiger partial charge in [0.2, 0.25) is 5.78 Å². The molecule has 1 unspecified atom stereocenters. The monoisotopic (exact) mass is 409 g/mol. The summed E-state index contributed by atoms with van der Waals surface area (Å²) >= 11 is 0. The molecule has 0 aliphatic carbocycles. The number of imide groups is 1. The zero-order valence-corrected chi connectivity index (χ0v) is 17.1. The molecule has 1 aliphatic heterocycles. The second kappa shape index (κ2) is 9.00. The number of nitrogens with zero attached hydrogens (tertiary/aromatic N) is 1. The van der Waals surface area contributed by atoms with Crippen molar-refractivity contribution in [1.29, 1.82) is 0 Å². The van der Waals surface area contributed by atoms with Crippen LogP contribution in [0.4, 0.5) is 0 Å². The molecule has 1 aliphatic rings. The molecule has 0 spiro atoms. The SMILES string of the molecule is COCCCN1C(=O)c2ccc(C(=O)OC(C)C(=O)c3ccc(C)cc3)cc2C1=O. The number of esters is 1. The highest BCUT2D eigenvalue weighted by molar-refractivity contribution is 6.22. The molecule has 30 heavy (non-hydrogen) atoms. The van der Waals surface area contributed by atoms with E-state index in [1.165, 1.54) is 25.1 Å². The first-order chi connectivity index (χ1) is 14.3. The summed E-state index contributed by atoms with van der Waals surface area (Å²) in [4.78, 5) is 51.2. The number of ether oxygens (including phenoxy) is 2. The number of ketones is 1. The van der Waals surface area contributed by atoms with Gasteiger partial charge >= 0.3 is 5.97 Å². The van der Waals surface area contributed by atoms with E-state index in [-0.39, 0.29) is 29.0 Å². The number of amides is 2. The van der Waals surface area contributed by atoms with Gasteiger partial charge in [0.1, 0.15) is 0 Å². The van der Waals surface area contributed by atoms with Crippen LogP contribution in [0.3, 0.4) is 0 Å². The molecule has 0 bridgehead atoms. The Labute approximate surface area is 174 Å². The van der Waals surface area contributed by atoms with Crippen molar-refractivity contribution >= 4 is 23.6 Å². The van der Waals surface area contributed by atoms with Crippen LogP contribution in [0.1, 0.15) is 60.3 Å². The smallest absolute Gasteiger partial charge is 0.338 e. The third kappa shape index (κ3) is 4.31. The molecule has 2 aromatic carbocycles. The van der Waals surface area contributed by atoms with Gasteiger partial charge in [-0.25, -0.2) is 4.79 Å². The quantitative estimate of drug-likeness (QED) is 0.288. The van der Waals surface area contributed by atoms with E-state index >= 15 is 0 Å². The Morgan fingerprint density at radius 3 is 2.27 bits per heavy atom. The number of carbonyl (C=O) groups excluding carboxylic acids is 4. The number of aryl methyl sites for hydroxylation is 1. The molecule has 7 nitrogen and oxygen atoms in total. The van der Waals surface area contributed by atoms with Gasteiger partial charge in [-0.2, -0.15) is 0 Å². The molecule has 0 N–H and O–H groups in total. The molecule has 0 fully saturated rings. The third-order valence-corrected chi connectivity index (χ3v) is 4.93. The van der Waals surface area contributed by atoms with Gasteiger partial charge in [-0.1, -0.05) is 29.8 Å². The summed E-state index contributed by atoms with van der Waals surface area (Å²) in [5.41, 5.74) is 1.98. The Kier molecular flexibility index (Phi) is 6.42. The first kappa shape index (κ1) is 21.4. The van der Waals surface area contributed by atoms with Gasteiger partial charge in [-0.05, 0) is 38.5 Å². The van der Waals surface area contributed by atoms with Crippen molar-refractivity contribution in [3.05, 3.63) is 70.3 Å². The summed E-state index contributed by atoms with van der Waals surface area (Å²) in [6.07, 6.45) is -0.466. The van der Waals surface area contributed by atoms with Crippen LogP contribution in [-0.4, -0.2) is 54.8 Å². The Bertz CT molecular complexity index is 995. The standard InChI is InChI=1S/C23H23NO6/c1-14-5-7-16(8-6-14)20(25)15(2)30-23(28)17-9-10-18-19(13-17)22(27)24(21(18)26)11-4-12-29-3/h5-10,13,15H,4,11-12H2,1-3H3. The topological polar surface area (TPSA) is 90.0 Å². The lowest BCUT2D eigenvalue weighted by Gasteiger charge is -2.13. The van der Waals surface area contributed by atoms with Crippen molar-refractivity contribution < 1.29 is 28.7 Å². The second-order valence-electron chi connectivity index (χ2n) is 7.15. The molecule has 1 heterocycles. The lowest BCUT2D eigenvalue weighted by molar-refractivity contribution is 0.0318. The maximum Gasteiger partial charge on any atom is 0.338 e.